The van der Waals surface area contributed by atoms with Crippen LogP contribution in [-0.4, -0.2) is 16.9 Å². The molecule has 2 rings (SSSR count). The summed E-state index contributed by atoms with van der Waals surface area (Å²) < 4.78 is 5.37. The number of oxazole rings is 1. The predicted octanol–water partition coefficient (Wildman–Crippen LogP) is 2.90. The van der Waals surface area contributed by atoms with Gasteiger partial charge in [0.1, 0.15) is 5.52 Å². The van der Waals surface area contributed by atoms with Crippen LogP contribution in [0.25, 0.3) is 11.1 Å². The van der Waals surface area contributed by atoms with E-state index in [4.69, 9.17) is 10.2 Å². The SMILES string of the molecule is Cc1nc2cc(NC(=O)C(N)C(C)C)ccc2o1.Cl.Cl. The molecule has 5 nitrogen and oxygen atoms in total. The second-order valence-electron chi connectivity index (χ2n) is 4.67. The Balaban J connectivity index is 0.00000180. The van der Waals surface area contributed by atoms with E-state index >= 15 is 0 Å². The Labute approximate surface area is 130 Å². The molecule has 1 aromatic carbocycles. The van der Waals surface area contributed by atoms with Crippen molar-refractivity contribution in [3.8, 4) is 0 Å². The first-order valence-electron chi connectivity index (χ1n) is 5.91. The number of anilines is 1. The highest BCUT2D eigenvalue weighted by molar-refractivity contribution is 5.96. The van der Waals surface area contributed by atoms with Crippen LogP contribution in [0.15, 0.2) is 22.6 Å². The van der Waals surface area contributed by atoms with Gasteiger partial charge in [-0.05, 0) is 24.1 Å². The van der Waals surface area contributed by atoms with E-state index in [2.05, 4.69) is 10.3 Å². The molecular weight excluding hydrogens is 301 g/mol. The normalized spacial score (nSPS) is 11.7. The van der Waals surface area contributed by atoms with Crippen molar-refractivity contribution in [3.05, 3.63) is 24.1 Å². The van der Waals surface area contributed by atoms with Gasteiger partial charge in [-0.2, -0.15) is 0 Å². The Bertz CT molecular complexity index is 584. The zero-order valence-corrected chi connectivity index (χ0v) is 13.2. The van der Waals surface area contributed by atoms with Crippen LogP contribution in [0.3, 0.4) is 0 Å². The molecule has 1 heterocycles. The monoisotopic (exact) mass is 319 g/mol. The van der Waals surface area contributed by atoms with E-state index in [0.29, 0.717) is 17.2 Å². The summed E-state index contributed by atoms with van der Waals surface area (Å²) in [5.41, 5.74) is 7.89. The number of nitrogens with one attached hydrogen (secondary N) is 1. The molecule has 3 N–H and O–H groups in total. The first kappa shape index (κ1) is 18.7. The summed E-state index contributed by atoms with van der Waals surface area (Å²) >= 11 is 0. The molecule has 0 saturated carbocycles. The predicted molar refractivity (Wildman–Crippen MR) is 84.7 cm³/mol. The van der Waals surface area contributed by atoms with Gasteiger partial charge in [0.25, 0.3) is 0 Å². The molecule has 1 amide bonds. The fourth-order valence-electron chi connectivity index (χ4n) is 1.65. The Morgan fingerprint density at radius 1 is 1.35 bits per heavy atom. The Hall–Kier alpha value is -1.30. The van der Waals surface area contributed by atoms with E-state index in [1.54, 1.807) is 25.1 Å². The molecule has 0 aliphatic heterocycles. The molecule has 0 fully saturated rings. The standard InChI is InChI=1S/C13H17N3O2.2ClH/c1-7(2)12(14)13(17)16-9-4-5-11-10(6-9)15-8(3)18-11;;/h4-7,12H,14H2,1-3H3,(H,16,17);2*1H. The number of nitrogens with two attached hydrogens (primary N) is 1. The Morgan fingerprint density at radius 2 is 2.00 bits per heavy atom. The second kappa shape index (κ2) is 7.47. The first-order valence-corrected chi connectivity index (χ1v) is 5.91. The van der Waals surface area contributed by atoms with Gasteiger partial charge in [-0.1, -0.05) is 13.8 Å². The highest BCUT2D eigenvalue weighted by Gasteiger charge is 2.17. The highest BCUT2D eigenvalue weighted by atomic mass is 35.5. The number of aromatic nitrogens is 1. The lowest BCUT2D eigenvalue weighted by Gasteiger charge is -2.15. The van der Waals surface area contributed by atoms with Crippen LogP contribution < -0.4 is 11.1 Å². The van der Waals surface area contributed by atoms with Crippen molar-refractivity contribution < 1.29 is 9.21 Å². The lowest BCUT2D eigenvalue weighted by Crippen LogP contribution is -2.39. The minimum absolute atomic E-state index is 0. The van der Waals surface area contributed by atoms with Crippen LogP contribution >= 0.6 is 24.8 Å². The maximum absolute atomic E-state index is 11.8. The molecule has 1 unspecified atom stereocenters. The van der Waals surface area contributed by atoms with Gasteiger partial charge in [-0.25, -0.2) is 4.98 Å². The number of amides is 1. The molecule has 0 bridgehead atoms. The maximum atomic E-state index is 11.8. The molecule has 20 heavy (non-hydrogen) atoms. The summed E-state index contributed by atoms with van der Waals surface area (Å²) in [7, 11) is 0. The van der Waals surface area contributed by atoms with Crippen LogP contribution in [0.4, 0.5) is 5.69 Å². The number of carbonyl (C=O) groups is 1. The van der Waals surface area contributed by atoms with Gasteiger partial charge in [0.2, 0.25) is 5.91 Å². The lowest BCUT2D eigenvalue weighted by atomic mass is 10.0. The van der Waals surface area contributed by atoms with Crippen molar-refractivity contribution in [2.24, 2.45) is 11.7 Å². The minimum Gasteiger partial charge on any atom is -0.441 e. The van der Waals surface area contributed by atoms with Crippen LogP contribution in [0, 0.1) is 12.8 Å². The van der Waals surface area contributed by atoms with Gasteiger partial charge in [-0.3, -0.25) is 4.79 Å². The van der Waals surface area contributed by atoms with Crippen molar-refractivity contribution in [3.63, 3.8) is 0 Å². The topological polar surface area (TPSA) is 81.2 Å². The average Bonchev–Trinajstić information content (AvgIpc) is 2.67. The number of benzene rings is 1. The molecule has 112 valence electrons. The van der Waals surface area contributed by atoms with Crippen LogP contribution in [0.2, 0.25) is 0 Å². The number of hydrogen-bond acceptors (Lipinski definition) is 4. The van der Waals surface area contributed by atoms with Gasteiger partial charge in [0.05, 0.1) is 6.04 Å². The second-order valence-corrected chi connectivity index (χ2v) is 4.67. The van der Waals surface area contributed by atoms with Crippen LogP contribution in [0.1, 0.15) is 19.7 Å². The summed E-state index contributed by atoms with van der Waals surface area (Å²) in [6.07, 6.45) is 0. The molecule has 7 heteroatoms. The number of hydrogen-bond donors (Lipinski definition) is 2. The largest absolute Gasteiger partial charge is 0.441 e. The highest BCUT2D eigenvalue weighted by Crippen LogP contribution is 2.19. The third kappa shape index (κ3) is 4.10. The van der Waals surface area contributed by atoms with Crippen molar-refractivity contribution >= 4 is 47.5 Å². The van der Waals surface area contributed by atoms with E-state index in [9.17, 15) is 4.79 Å². The quantitative estimate of drug-likeness (QED) is 0.911. The number of rotatable bonds is 3. The zero-order valence-electron chi connectivity index (χ0n) is 11.5. The average molecular weight is 320 g/mol. The number of carbonyl (C=O) groups excluding carboxylic acids is 1. The van der Waals surface area contributed by atoms with Crippen molar-refractivity contribution in [2.75, 3.05) is 5.32 Å². The summed E-state index contributed by atoms with van der Waals surface area (Å²) in [6.45, 7) is 5.61. The number of nitrogens with zero attached hydrogens (tertiary/aromatic N) is 1. The Kier molecular flexibility index (Phi) is 6.99. The van der Waals surface area contributed by atoms with Gasteiger partial charge in [0.15, 0.2) is 11.5 Å². The molecular formula is C13H19Cl2N3O2. The number of halogens is 2. The molecule has 1 aromatic heterocycles. The molecule has 0 saturated heterocycles. The van der Waals surface area contributed by atoms with E-state index in [0.717, 1.165) is 5.52 Å². The molecule has 0 spiro atoms. The van der Waals surface area contributed by atoms with Crippen molar-refractivity contribution in [2.45, 2.75) is 26.8 Å². The number of aryl methyl sites for hydroxylation is 1. The fraction of sp³-hybridized carbons (Fsp3) is 0.385. The molecule has 0 aliphatic rings. The van der Waals surface area contributed by atoms with Gasteiger partial charge >= 0.3 is 0 Å². The summed E-state index contributed by atoms with van der Waals surface area (Å²) in [5.74, 6) is 0.514. The molecule has 0 aliphatic carbocycles. The zero-order chi connectivity index (χ0) is 13.3. The lowest BCUT2D eigenvalue weighted by molar-refractivity contribution is -0.118. The maximum Gasteiger partial charge on any atom is 0.241 e. The molecule has 0 radical (unpaired) electrons. The number of fused-ring (bicyclic) bond motifs is 1. The van der Waals surface area contributed by atoms with E-state index in [-0.39, 0.29) is 36.6 Å². The van der Waals surface area contributed by atoms with Crippen molar-refractivity contribution in [1.29, 1.82) is 0 Å². The third-order valence-electron chi connectivity index (χ3n) is 2.78. The fourth-order valence-corrected chi connectivity index (χ4v) is 1.65. The Morgan fingerprint density at radius 3 is 2.60 bits per heavy atom. The van der Waals surface area contributed by atoms with Gasteiger partial charge in [-0.15, -0.1) is 24.8 Å². The van der Waals surface area contributed by atoms with Crippen LogP contribution in [0.5, 0.6) is 0 Å². The van der Waals surface area contributed by atoms with E-state index in [1.165, 1.54) is 0 Å². The van der Waals surface area contributed by atoms with E-state index < -0.39 is 6.04 Å². The van der Waals surface area contributed by atoms with E-state index in [1.807, 2.05) is 13.8 Å². The van der Waals surface area contributed by atoms with Gasteiger partial charge in [0, 0.05) is 12.6 Å². The van der Waals surface area contributed by atoms with Crippen LogP contribution in [-0.2, 0) is 4.79 Å². The minimum atomic E-state index is -0.514. The summed E-state index contributed by atoms with van der Waals surface area (Å²) in [6, 6.07) is 4.82. The smallest absolute Gasteiger partial charge is 0.241 e. The summed E-state index contributed by atoms with van der Waals surface area (Å²) in [5, 5.41) is 2.78. The first-order chi connectivity index (χ1) is 8.47. The molecule has 1 atom stereocenters. The van der Waals surface area contributed by atoms with Gasteiger partial charge < -0.3 is 15.5 Å². The summed E-state index contributed by atoms with van der Waals surface area (Å²) in [4.78, 5) is 16.0. The third-order valence-corrected chi connectivity index (χ3v) is 2.78. The molecule has 2 aromatic rings. The van der Waals surface area contributed by atoms with Crippen molar-refractivity contribution in [1.82, 2.24) is 4.98 Å².